The zero-order valence-corrected chi connectivity index (χ0v) is 12.4. The fourth-order valence-corrected chi connectivity index (χ4v) is 2.48. The minimum absolute atomic E-state index is 0.0550. The Hall–Kier alpha value is -2.34. The van der Waals surface area contributed by atoms with Crippen molar-refractivity contribution in [2.75, 3.05) is 11.9 Å². The summed E-state index contributed by atoms with van der Waals surface area (Å²) in [4.78, 5) is 29.8. The Morgan fingerprint density at radius 1 is 1.45 bits per heavy atom. The molecule has 0 aromatic carbocycles. The van der Waals surface area contributed by atoms with Crippen molar-refractivity contribution in [2.45, 2.75) is 13.0 Å². The standard InChI is InChI=1S/C15H14ClN3O3/c16-11-3-4-13(17-7-11)18-15(21)10-6-14(20)19(8-10)9-12-2-1-5-22-12/h1-5,7,10H,6,8-9H2,(H,17,18,21)/t10-/m1/s1. The van der Waals surface area contributed by atoms with Crippen molar-refractivity contribution < 1.29 is 14.0 Å². The number of amides is 2. The van der Waals surface area contributed by atoms with Gasteiger partial charge in [0.05, 0.1) is 23.7 Å². The molecule has 1 aliphatic heterocycles. The van der Waals surface area contributed by atoms with Gasteiger partial charge in [-0.3, -0.25) is 9.59 Å². The molecular formula is C15H14ClN3O3. The SMILES string of the molecule is O=C(Nc1ccc(Cl)cn1)[C@@H]1CC(=O)N(Cc2ccco2)C1. The number of hydrogen-bond donors (Lipinski definition) is 1. The van der Waals surface area contributed by atoms with Gasteiger partial charge in [-0.25, -0.2) is 4.98 Å². The first-order chi connectivity index (χ1) is 10.6. The van der Waals surface area contributed by atoms with Crippen LogP contribution in [-0.2, 0) is 16.1 Å². The molecule has 0 bridgehead atoms. The van der Waals surface area contributed by atoms with Gasteiger partial charge in [0.15, 0.2) is 0 Å². The zero-order chi connectivity index (χ0) is 15.5. The summed E-state index contributed by atoms with van der Waals surface area (Å²) in [6.07, 6.45) is 3.21. The molecule has 3 rings (SSSR count). The highest BCUT2D eigenvalue weighted by atomic mass is 35.5. The van der Waals surface area contributed by atoms with Gasteiger partial charge in [0, 0.05) is 19.2 Å². The maximum atomic E-state index is 12.2. The average Bonchev–Trinajstić information content (AvgIpc) is 3.13. The molecule has 2 amide bonds. The summed E-state index contributed by atoms with van der Waals surface area (Å²) >= 11 is 5.75. The van der Waals surface area contributed by atoms with Gasteiger partial charge < -0.3 is 14.6 Å². The Morgan fingerprint density at radius 3 is 3.00 bits per heavy atom. The summed E-state index contributed by atoms with van der Waals surface area (Å²) in [5.74, 6) is 0.464. The van der Waals surface area contributed by atoms with Crippen molar-refractivity contribution in [1.82, 2.24) is 9.88 Å². The lowest BCUT2D eigenvalue weighted by Crippen LogP contribution is -2.28. The highest BCUT2D eigenvalue weighted by Crippen LogP contribution is 2.22. The quantitative estimate of drug-likeness (QED) is 0.938. The van der Waals surface area contributed by atoms with E-state index in [1.807, 2.05) is 0 Å². The Bertz CT molecular complexity index is 670. The number of carbonyl (C=O) groups excluding carboxylic acids is 2. The maximum absolute atomic E-state index is 12.2. The van der Waals surface area contributed by atoms with Crippen molar-refractivity contribution in [3.05, 3.63) is 47.5 Å². The van der Waals surface area contributed by atoms with Crippen molar-refractivity contribution in [1.29, 1.82) is 0 Å². The Balaban J connectivity index is 1.60. The minimum Gasteiger partial charge on any atom is -0.467 e. The molecule has 6 nitrogen and oxygen atoms in total. The predicted molar refractivity (Wildman–Crippen MR) is 80.1 cm³/mol. The highest BCUT2D eigenvalue weighted by Gasteiger charge is 2.34. The molecule has 2 aromatic heterocycles. The van der Waals surface area contributed by atoms with Gasteiger partial charge in [-0.1, -0.05) is 11.6 Å². The third-order valence-corrected chi connectivity index (χ3v) is 3.71. The van der Waals surface area contributed by atoms with Crippen molar-refractivity contribution >= 4 is 29.2 Å². The van der Waals surface area contributed by atoms with Crippen LogP contribution in [0.2, 0.25) is 5.02 Å². The number of nitrogens with one attached hydrogen (secondary N) is 1. The number of aromatic nitrogens is 1. The number of carbonyl (C=O) groups is 2. The van der Waals surface area contributed by atoms with Crippen LogP contribution in [-0.4, -0.2) is 28.2 Å². The van der Waals surface area contributed by atoms with Gasteiger partial charge in [0.2, 0.25) is 11.8 Å². The van der Waals surface area contributed by atoms with Gasteiger partial charge in [-0.2, -0.15) is 0 Å². The first kappa shape index (κ1) is 14.6. The smallest absolute Gasteiger partial charge is 0.230 e. The Kier molecular flexibility index (Phi) is 4.11. The van der Waals surface area contributed by atoms with E-state index in [1.165, 1.54) is 6.20 Å². The number of likely N-dealkylation sites (tertiary alicyclic amines) is 1. The van der Waals surface area contributed by atoms with Crippen LogP contribution in [0, 0.1) is 5.92 Å². The summed E-state index contributed by atoms with van der Waals surface area (Å²) in [5, 5.41) is 3.20. The topological polar surface area (TPSA) is 75.4 Å². The second-order valence-electron chi connectivity index (χ2n) is 5.11. The molecule has 0 radical (unpaired) electrons. The number of furan rings is 1. The van der Waals surface area contributed by atoms with E-state index in [9.17, 15) is 9.59 Å². The van der Waals surface area contributed by atoms with E-state index in [0.29, 0.717) is 29.7 Å². The van der Waals surface area contributed by atoms with E-state index in [2.05, 4.69) is 10.3 Å². The van der Waals surface area contributed by atoms with Gasteiger partial charge in [0.25, 0.3) is 0 Å². The fourth-order valence-electron chi connectivity index (χ4n) is 2.37. The van der Waals surface area contributed by atoms with Gasteiger partial charge in [-0.05, 0) is 24.3 Å². The van der Waals surface area contributed by atoms with Crippen molar-refractivity contribution in [3.8, 4) is 0 Å². The van der Waals surface area contributed by atoms with Gasteiger partial charge in [0.1, 0.15) is 11.6 Å². The molecule has 3 heterocycles. The molecule has 0 spiro atoms. The van der Waals surface area contributed by atoms with Crippen LogP contribution in [0.15, 0.2) is 41.1 Å². The van der Waals surface area contributed by atoms with Crippen LogP contribution >= 0.6 is 11.6 Å². The number of halogens is 1. The summed E-state index contributed by atoms with van der Waals surface area (Å²) in [6.45, 7) is 0.758. The lowest BCUT2D eigenvalue weighted by molar-refractivity contribution is -0.128. The molecule has 7 heteroatoms. The second-order valence-corrected chi connectivity index (χ2v) is 5.54. The molecule has 1 fully saturated rings. The molecule has 0 aliphatic carbocycles. The van der Waals surface area contributed by atoms with Crippen molar-refractivity contribution in [3.63, 3.8) is 0 Å². The molecular weight excluding hydrogens is 306 g/mol. The third kappa shape index (κ3) is 3.28. The van der Waals surface area contributed by atoms with Crippen molar-refractivity contribution in [2.24, 2.45) is 5.92 Å². The molecule has 1 saturated heterocycles. The molecule has 22 heavy (non-hydrogen) atoms. The van der Waals surface area contributed by atoms with Crippen LogP contribution in [0.3, 0.4) is 0 Å². The molecule has 2 aromatic rings. The maximum Gasteiger partial charge on any atom is 0.230 e. The van der Waals surface area contributed by atoms with Crippen LogP contribution in [0.1, 0.15) is 12.2 Å². The Labute approximate surface area is 132 Å². The van der Waals surface area contributed by atoms with E-state index < -0.39 is 0 Å². The van der Waals surface area contributed by atoms with E-state index in [0.717, 1.165) is 0 Å². The normalized spacial score (nSPS) is 17.8. The van der Waals surface area contributed by atoms with Gasteiger partial charge in [-0.15, -0.1) is 0 Å². The first-order valence-electron chi connectivity index (χ1n) is 6.84. The third-order valence-electron chi connectivity index (χ3n) is 3.49. The van der Waals surface area contributed by atoms with Crippen LogP contribution < -0.4 is 5.32 Å². The molecule has 1 atom stereocenters. The second kappa shape index (κ2) is 6.19. The van der Waals surface area contributed by atoms with E-state index >= 15 is 0 Å². The summed E-state index contributed by atoms with van der Waals surface area (Å²) in [5.41, 5.74) is 0. The summed E-state index contributed by atoms with van der Waals surface area (Å²) < 4.78 is 5.23. The monoisotopic (exact) mass is 319 g/mol. The fraction of sp³-hybridized carbons (Fsp3) is 0.267. The summed E-state index contributed by atoms with van der Waals surface area (Å²) in [6, 6.07) is 6.84. The zero-order valence-electron chi connectivity index (χ0n) is 11.7. The Morgan fingerprint density at radius 2 is 2.32 bits per heavy atom. The van der Waals surface area contributed by atoms with E-state index in [1.54, 1.807) is 35.4 Å². The van der Waals surface area contributed by atoms with E-state index in [-0.39, 0.29) is 24.2 Å². The van der Waals surface area contributed by atoms with Crippen LogP contribution in [0.25, 0.3) is 0 Å². The largest absolute Gasteiger partial charge is 0.467 e. The number of nitrogens with zero attached hydrogens (tertiary/aromatic N) is 2. The molecule has 0 saturated carbocycles. The lowest BCUT2D eigenvalue weighted by Gasteiger charge is -2.14. The first-order valence-corrected chi connectivity index (χ1v) is 7.22. The average molecular weight is 320 g/mol. The molecule has 1 aliphatic rings. The number of anilines is 1. The van der Waals surface area contributed by atoms with Crippen LogP contribution in [0.5, 0.6) is 0 Å². The minimum atomic E-state index is -0.389. The number of pyridine rings is 1. The predicted octanol–water partition coefficient (Wildman–Crippen LogP) is 2.32. The van der Waals surface area contributed by atoms with Crippen LogP contribution in [0.4, 0.5) is 5.82 Å². The van der Waals surface area contributed by atoms with Gasteiger partial charge >= 0.3 is 0 Å². The number of hydrogen-bond acceptors (Lipinski definition) is 4. The molecule has 1 N–H and O–H groups in total. The highest BCUT2D eigenvalue weighted by molar-refractivity contribution is 6.30. The van der Waals surface area contributed by atoms with E-state index in [4.69, 9.17) is 16.0 Å². The molecule has 114 valence electrons. The molecule has 0 unspecified atom stereocenters. The summed E-state index contributed by atoms with van der Waals surface area (Å²) in [7, 11) is 0. The lowest BCUT2D eigenvalue weighted by atomic mass is 10.1. The number of rotatable bonds is 4.